The Balaban J connectivity index is 2.19. The highest BCUT2D eigenvalue weighted by molar-refractivity contribution is 7.80. The summed E-state index contributed by atoms with van der Waals surface area (Å²) < 4.78 is 5.20. The third-order valence-electron chi connectivity index (χ3n) is 2.99. The molecule has 5 nitrogen and oxygen atoms in total. The molecular formula is C13H16O5S. The van der Waals surface area contributed by atoms with Crippen LogP contribution < -0.4 is 0 Å². The first-order chi connectivity index (χ1) is 9.00. The van der Waals surface area contributed by atoms with Crippen molar-refractivity contribution in [1.29, 1.82) is 0 Å². The van der Waals surface area contributed by atoms with Crippen molar-refractivity contribution in [3.63, 3.8) is 0 Å². The van der Waals surface area contributed by atoms with Gasteiger partial charge in [-0.25, -0.2) is 0 Å². The van der Waals surface area contributed by atoms with Gasteiger partial charge in [-0.05, 0) is 11.6 Å². The third-order valence-corrected chi connectivity index (χ3v) is 3.42. The van der Waals surface area contributed by atoms with Gasteiger partial charge in [0.15, 0.2) is 0 Å². The molecule has 0 bridgehead atoms. The summed E-state index contributed by atoms with van der Waals surface area (Å²) in [5, 5.41) is 38.9. The van der Waals surface area contributed by atoms with Crippen LogP contribution in [0, 0.1) is 0 Å². The number of aliphatic hydroxyl groups excluding tert-OH is 4. The molecule has 1 fully saturated rings. The molecule has 5 atom stereocenters. The topological polar surface area (TPSA) is 90.2 Å². The van der Waals surface area contributed by atoms with Gasteiger partial charge < -0.3 is 25.2 Å². The molecule has 0 amide bonds. The van der Waals surface area contributed by atoms with E-state index in [0.29, 0.717) is 0 Å². The number of rotatable bonds is 2. The Morgan fingerprint density at radius 3 is 2.32 bits per heavy atom. The van der Waals surface area contributed by atoms with Crippen molar-refractivity contribution in [2.45, 2.75) is 29.9 Å². The Hall–Kier alpha value is -1.05. The van der Waals surface area contributed by atoms with Crippen molar-refractivity contribution < 1.29 is 25.2 Å². The highest BCUT2D eigenvalue weighted by Gasteiger charge is 2.43. The molecule has 1 aliphatic heterocycles. The Morgan fingerprint density at radius 1 is 1.05 bits per heavy atom. The van der Waals surface area contributed by atoms with Gasteiger partial charge in [0.25, 0.3) is 0 Å². The molecule has 19 heavy (non-hydrogen) atoms. The Morgan fingerprint density at radius 2 is 1.68 bits per heavy atom. The summed E-state index contributed by atoms with van der Waals surface area (Å²) in [6.07, 6.45) is -3.84. The van der Waals surface area contributed by atoms with Crippen LogP contribution in [-0.4, -0.2) is 50.3 Å². The van der Waals surface area contributed by atoms with Crippen LogP contribution in [0.4, 0.5) is 0 Å². The molecule has 4 N–H and O–H groups in total. The zero-order valence-corrected chi connectivity index (χ0v) is 10.9. The number of aliphatic hydroxyl groups is 4. The average molecular weight is 284 g/mol. The minimum atomic E-state index is -1.42. The molecule has 0 aliphatic carbocycles. The quantitative estimate of drug-likeness (QED) is 0.399. The maximum absolute atomic E-state index is 9.97. The smallest absolute Gasteiger partial charge is 0.144 e. The minimum absolute atomic E-state index is 0.233. The predicted molar refractivity (Wildman–Crippen MR) is 72.7 cm³/mol. The lowest BCUT2D eigenvalue weighted by Gasteiger charge is -2.38. The van der Waals surface area contributed by atoms with E-state index in [2.05, 4.69) is 12.6 Å². The molecule has 1 saturated heterocycles. The normalized spacial score (nSPS) is 36.2. The predicted octanol–water partition coefficient (Wildman–Crippen LogP) is 0.323. The van der Waals surface area contributed by atoms with Crippen LogP contribution in [0.3, 0.4) is 0 Å². The monoisotopic (exact) mass is 284 g/mol. The van der Waals surface area contributed by atoms with Crippen molar-refractivity contribution in [2.75, 3.05) is 0 Å². The molecule has 1 aromatic rings. The van der Waals surface area contributed by atoms with E-state index in [4.69, 9.17) is 4.74 Å². The lowest BCUT2D eigenvalue weighted by atomic mass is 9.98. The van der Waals surface area contributed by atoms with Gasteiger partial charge in [-0.15, -0.1) is 12.6 Å². The van der Waals surface area contributed by atoms with Gasteiger partial charge in [0.1, 0.15) is 35.6 Å². The molecule has 104 valence electrons. The summed E-state index contributed by atoms with van der Waals surface area (Å²) in [4.78, 5) is 0. The molecule has 0 aromatic heterocycles. The minimum Gasteiger partial charge on any atom is -0.509 e. The van der Waals surface area contributed by atoms with E-state index < -0.39 is 29.9 Å². The highest BCUT2D eigenvalue weighted by atomic mass is 32.1. The average Bonchev–Trinajstić information content (AvgIpc) is 2.41. The van der Waals surface area contributed by atoms with Crippen LogP contribution in [0.25, 0.3) is 6.08 Å². The van der Waals surface area contributed by atoms with Crippen LogP contribution in [-0.2, 0) is 4.74 Å². The van der Waals surface area contributed by atoms with Crippen molar-refractivity contribution in [3.8, 4) is 0 Å². The van der Waals surface area contributed by atoms with Crippen molar-refractivity contribution >= 4 is 18.7 Å². The molecule has 1 aliphatic rings. The van der Waals surface area contributed by atoms with Crippen LogP contribution in [0.15, 0.2) is 36.1 Å². The van der Waals surface area contributed by atoms with Crippen molar-refractivity contribution in [3.05, 3.63) is 41.7 Å². The van der Waals surface area contributed by atoms with Crippen molar-refractivity contribution in [1.82, 2.24) is 0 Å². The molecule has 2 rings (SSSR count). The van der Waals surface area contributed by atoms with E-state index in [-0.39, 0.29) is 5.76 Å². The van der Waals surface area contributed by atoms with Gasteiger partial charge in [0, 0.05) is 0 Å². The largest absolute Gasteiger partial charge is 0.509 e. The summed E-state index contributed by atoms with van der Waals surface area (Å²) >= 11 is 3.95. The van der Waals surface area contributed by atoms with Gasteiger partial charge in [0.2, 0.25) is 0 Å². The van der Waals surface area contributed by atoms with E-state index in [1.54, 1.807) is 24.3 Å². The number of hydrogen-bond acceptors (Lipinski definition) is 6. The van der Waals surface area contributed by atoms with Crippen LogP contribution in [0.1, 0.15) is 5.56 Å². The first-order valence-corrected chi connectivity index (χ1v) is 6.35. The summed E-state index contributed by atoms with van der Waals surface area (Å²) in [7, 11) is 0. The molecule has 0 saturated carbocycles. The molecule has 6 heteroatoms. The van der Waals surface area contributed by atoms with E-state index in [1.807, 2.05) is 6.07 Å². The second kappa shape index (κ2) is 5.94. The maximum atomic E-state index is 9.97. The lowest BCUT2D eigenvalue weighted by molar-refractivity contribution is -0.193. The fourth-order valence-electron chi connectivity index (χ4n) is 1.91. The number of benzene rings is 1. The first-order valence-electron chi connectivity index (χ1n) is 5.84. The molecule has 0 unspecified atom stereocenters. The second-order valence-corrected chi connectivity index (χ2v) is 4.91. The first kappa shape index (κ1) is 14.4. The maximum Gasteiger partial charge on any atom is 0.144 e. The van der Waals surface area contributed by atoms with E-state index in [9.17, 15) is 20.4 Å². The summed E-state index contributed by atoms with van der Waals surface area (Å²) in [6, 6.07) is 8.99. The molecular weight excluding hydrogens is 268 g/mol. The van der Waals surface area contributed by atoms with Gasteiger partial charge in [-0.2, -0.15) is 0 Å². The molecule has 0 spiro atoms. The Bertz CT molecular complexity index is 450. The number of ether oxygens (including phenoxy) is 1. The zero-order chi connectivity index (χ0) is 14.0. The summed E-state index contributed by atoms with van der Waals surface area (Å²) in [5.74, 6) is -0.233. The fraction of sp³-hybridized carbons (Fsp3) is 0.385. The van der Waals surface area contributed by atoms with E-state index >= 15 is 0 Å². The fourth-order valence-corrected chi connectivity index (χ4v) is 2.22. The van der Waals surface area contributed by atoms with Crippen LogP contribution >= 0.6 is 12.6 Å². The number of hydrogen-bond donors (Lipinski definition) is 5. The van der Waals surface area contributed by atoms with Gasteiger partial charge in [0.05, 0.1) is 0 Å². The second-order valence-electron chi connectivity index (χ2n) is 4.40. The molecule has 1 aromatic carbocycles. The Kier molecular flexibility index (Phi) is 4.49. The van der Waals surface area contributed by atoms with E-state index in [0.717, 1.165) is 5.56 Å². The molecule has 1 heterocycles. The van der Waals surface area contributed by atoms with Gasteiger partial charge in [-0.3, -0.25) is 0 Å². The molecule has 0 radical (unpaired) electrons. The third kappa shape index (κ3) is 3.10. The summed E-state index contributed by atoms with van der Waals surface area (Å²) in [5.41, 5.74) is -0.248. The highest BCUT2D eigenvalue weighted by Crippen LogP contribution is 2.27. The Labute approximate surface area is 116 Å². The summed E-state index contributed by atoms with van der Waals surface area (Å²) in [6.45, 7) is 0. The van der Waals surface area contributed by atoms with Gasteiger partial charge in [-0.1, -0.05) is 30.3 Å². The van der Waals surface area contributed by atoms with Crippen LogP contribution in [0.2, 0.25) is 0 Å². The van der Waals surface area contributed by atoms with Crippen LogP contribution in [0.5, 0.6) is 0 Å². The zero-order valence-electron chi connectivity index (χ0n) is 10.00. The van der Waals surface area contributed by atoms with E-state index in [1.165, 1.54) is 6.08 Å². The standard InChI is InChI=1S/C13H16O5S/c14-8(6-7-4-2-1-3-5-7)12-10(16)9(15)11(17)13(19)18-12/h1-6,9-17,19H/t9-,10+,11+,12+,13-/m0/s1. The van der Waals surface area contributed by atoms with Crippen molar-refractivity contribution in [2.24, 2.45) is 0 Å². The van der Waals surface area contributed by atoms with Gasteiger partial charge >= 0.3 is 0 Å². The SMILES string of the molecule is OC(=Cc1ccccc1)[C@H]1O[C@@H](S)[C@H](O)[C@@H](O)[C@H]1O. The number of thiol groups is 1. The lowest BCUT2D eigenvalue weighted by Crippen LogP contribution is -2.56.